The number of benzene rings is 1. The third-order valence-corrected chi connectivity index (χ3v) is 8.31. The molecule has 1 aliphatic carbocycles. The maximum absolute atomic E-state index is 13.0. The van der Waals surface area contributed by atoms with Gasteiger partial charge in [0.05, 0.1) is 5.69 Å². The predicted molar refractivity (Wildman–Crippen MR) is 130 cm³/mol. The van der Waals surface area contributed by atoms with Gasteiger partial charge in [0.15, 0.2) is 0 Å². The molecule has 32 heavy (non-hydrogen) atoms. The Balaban J connectivity index is 1.37. The highest BCUT2D eigenvalue weighted by Gasteiger charge is 2.21. The zero-order chi connectivity index (χ0) is 22.4. The van der Waals surface area contributed by atoms with Crippen LogP contribution in [0.1, 0.15) is 57.4 Å². The first-order chi connectivity index (χ1) is 15.5. The Bertz CT molecular complexity index is 966. The van der Waals surface area contributed by atoms with Crippen molar-refractivity contribution in [3.63, 3.8) is 0 Å². The lowest BCUT2D eigenvalue weighted by molar-refractivity contribution is 0.256. The van der Waals surface area contributed by atoms with E-state index in [-0.39, 0.29) is 4.90 Å². The highest BCUT2D eigenvalue weighted by atomic mass is 32.2. The molecule has 1 aromatic heterocycles. The fourth-order valence-electron chi connectivity index (χ4n) is 4.95. The van der Waals surface area contributed by atoms with Gasteiger partial charge in [0.1, 0.15) is 10.7 Å². The van der Waals surface area contributed by atoms with Crippen molar-refractivity contribution in [2.24, 2.45) is 11.8 Å². The van der Waals surface area contributed by atoms with Gasteiger partial charge in [-0.3, -0.25) is 4.72 Å². The number of hydrogen-bond donors (Lipinski definition) is 2. The van der Waals surface area contributed by atoms with Crippen molar-refractivity contribution < 1.29 is 8.42 Å². The minimum Gasteiger partial charge on any atom is -0.357 e. The lowest BCUT2D eigenvalue weighted by Crippen LogP contribution is -2.27. The molecule has 1 aliphatic heterocycles. The average Bonchev–Trinajstić information content (AvgIpc) is 3.36. The number of sulfonamides is 1. The van der Waals surface area contributed by atoms with Crippen molar-refractivity contribution in [1.82, 2.24) is 10.3 Å². The molecule has 0 radical (unpaired) electrons. The third-order valence-electron chi connectivity index (χ3n) is 6.96. The van der Waals surface area contributed by atoms with Gasteiger partial charge >= 0.3 is 0 Å². The minimum absolute atomic E-state index is 0.189. The van der Waals surface area contributed by atoms with E-state index in [0.717, 1.165) is 49.8 Å². The molecule has 1 unspecified atom stereocenters. The van der Waals surface area contributed by atoms with E-state index in [1.54, 1.807) is 12.1 Å². The molecule has 0 spiro atoms. The standard InChI is InChI=1S/C25H36N4O2S/c1-20(21-9-3-2-4-10-21)17-26-18-22-11-5-6-12-24(22)28-32(30,31)23-13-14-25(27-19-23)29-15-7-8-16-29/h5-6,11-14,19-21,26,28H,2-4,7-10,15-18H2,1H3. The molecule has 2 aliphatic rings. The number of pyridine rings is 1. The van der Waals surface area contributed by atoms with Crippen LogP contribution in [0, 0.1) is 11.8 Å². The summed E-state index contributed by atoms with van der Waals surface area (Å²) in [6.45, 7) is 5.89. The third kappa shape index (κ3) is 5.81. The first kappa shape index (κ1) is 23.1. The van der Waals surface area contributed by atoms with Crippen molar-refractivity contribution in [3.05, 3.63) is 48.2 Å². The van der Waals surface area contributed by atoms with Crippen molar-refractivity contribution in [2.75, 3.05) is 29.3 Å². The van der Waals surface area contributed by atoms with E-state index in [0.29, 0.717) is 18.2 Å². The molecule has 174 valence electrons. The van der Waals surface area contributed by atoms with Crippen LogP contribution in [0.15, 0.2) is 47.5 Å². The van der Waals surface area contributed by atoms with E-state index in [1.165, 1.54) is 38.3 Å². The van der Waals surface area contributed by atoms with E-state index in [9.17, 15) is 8.42 Å². The Hall–Kier alpha value is -2.12. The van der Waals surface area contributed by atoms with Gasteiger partial charge < -0.3 is 10.2 Å². The minimum atomic E-state index is -3.69. The number of rotatable bonds is 9. The molecule has 4 rings (SSSR count). The number of para-hydroxylation sites is 1. The molecule has 2 N–H and O–H groups in total. The van der Waals surface area contributed by atoms with Gasteiger partial charge in [-0.25, -0.2) is 13.4 Å². The second kappa shape index (κ2) is 10.7. The molecule has 1 saturated heterocycles. The number of nitrogens with zero attached hydrogens (tertiary/aromatic N) is 2. The van der Waals surface area contributed by atoms with Crippen LogP contribution in [0.2, 0.25) is 0 Å². The van der Waals surface area contributed by atoms with Crippen LogP contribution in [0.25, 0.3) is 0 Å². The summed E-state index contributed by atoms with van der Waals surface area (Å²) >= 11 is 0. The van der Waals surface area contributed by atoms with Crippen LogP contribution < -0.4 is 14.9 Å². The van der Waals surface area contributed by atoms with Gasteiger partial charge in [-0.15, -0.1) is 0 Å². The van der Waals surface area contributed by atoms with Crippen molar-refractivity contribution >= 4 is 21.5 Å². The fraction of sp³-hybridized carbons (Fsp3) is 0.560. The van der Waals surface area contributed by atoms with E-state index in [2.05, 4.69) is 26.8 Å². The topological polar surface area (TPSA) is 74.3 Å². The Labute approximate surface area is 192 Å². The molecule has 1 saturated carbocycles. The molecule has 0 bridgehead atoms. The molecule has 7 heteroatoms. The van der Waals surface area contributed by atoms with Crippen molar-refractivity contribution in [1.29, 1.82) is 0 Å². The summed E-state index contributed by atoms with van der Waals surface area (Å²) in [5.74, 6) is 2.29. The van der Waals surface area contributed by atoms with E-state index in [1.807, 2.05) is 24.3 Å². The monoisotopic (exact) mass is 456 g/mol. The molecular formula is C25H36N4O2S. The maximum atomic E-state index is 13.0. The lowest BCUT2D eigenvalue weighted by Gasteiger charge is -2.28. The molecular weight excluding hydrogens is 420 g/mol. The summed E-state index contributed by atoms with van der Waals surface area (Å²) in [4.78, 5) is 6.78. The molecule has 1 atom stereocenters. The van der Waals surface area contributed by atoms with Crippen LogP contribution in [-0.4, -0.2) is 33.0 Å². The van der Waals surface area contributed by atoms with Crippen LogP contribution in [0.4, 0.5) is 11.5 Å². The first-order valence-electron chi connectivity index (χ1n) is 12.1. The van der Waals surface area contributed by atoms with Crippen LogP contribution in [0.5, 0.6) is 0 Å². The van der Waals surface area contributed by atoms with Gasteiger partial charge in [-0.1, -0.05) is 57.2 Å². The van der Waals surface area contributed by atoms with Gasteiger partial charge in [0.2, 0.25) is 0 Å². The Kier molecular flexibility index (Phi) is 7.68. The average molecular weight is 457 g/mol. The normalized spacial score (nSPS) is 18.6. The summed E-state index contributed by atoms with van der Waals surface area (Å²) in [5, 5.41) is 3.55. The zero-order valence-corrected chi connectivity index (χ0v) is 19.9. The summed E-state index contributed by atoms with van der Waals surface area (Å²) in [6.07, 6.45) is 10.5. The van der Waals surface area contributed by atoms with Gasteiger partial charge in [-0.05, 0) is 55.0 Å². The van der Waals surface area contributed by atoms with Crippen LogP contribution in [-0.2, 0) is 16.6 Å². The highest BCUT2D eigenvalue weighted by molar-refractivity contribution is 7.92. The van der Waals surface area contributed by atoms with E-state index in [4.69, 9.17) is 0 Å². The van der Waals surface area contributed by atoms with E-state index < -0.39 is 10.0 Å². The SMILES string of the molecule is CC(CNCc1ccccc1NS(=O)(=O)c1ccc(N2CCCC2)nc1)C1CCCCC1. The fourth-order valence-corrected chi connectivity index (χ4v) is 5.99. The molecule has 0 amide bonds. The number of nitrogens with one attached hydrogen (secondary N) is 2. The molecule has 6 nitrogen and oxygen atoms in total. The quantitative estimate of drug-likeness (QED) is 0.568. The van der Waals surface area contributed by atoms with Crippen LogP contribution >= 0.6 is 0 Å². The number of hydrogen-bond acceptors (Lipinski definition) is 5. The molecule has 1 aromatic carbocycles. The van der Waals surface area contributed by atoms with Crippen molar-refractivity contribution in [3.8, 4) is 0 Å². The Morgan fingerprint density at radius 1 is 1.03 bits per heavy atom. The number of aromatic nitrogens is 1. The molecule has 2 heterocycles. The van der Waals surface area contributed by atoms with Crippen LogP contribution in [0.3, 0.4) is 0 Å². The Morgan fingerprint density at radius 3 is 2.50 bits per heavy atom. The van der Waals surface area contributed by atoms with Gasteiger partial charge in [-0.2, -0.15) is 0 Å². The smallest absolute Gasteiger partial charge is 0.263 e. The zero-order valence-electron chi connectivity index (χ0n) is 19.1. The van der Waals surface area contributed by atoms with Gasteiger partial charge in [0, 0.05) is 25.8 Å². The summed E-state index contributed by atoms with van der Waals surface area (Å²) in [5.41, 5.74) is 1.57. The van der Waals surface area contributed by atoms with Crippen molar-refractivity contribution in [2.45, 2.75) is 63.3 Å². The van der Waals surface area contributed by atoms with E-state index >= 15 is 0 Å². The molecule has 2 aromatic rings. The highest BCUT2D eigenvalue weighted by Crippen LogP contribution is 2.29. The predicted octanol–water partition coefficient (Wildman–Crippen LogP) is 4.79. The molecule has 2 fully saturated rings. The Morgan fingerprint density at radius 2 is 1.78 bits per heavy atom. The van der Waals surface area contributed by atoms with Gasteiger partial charge in [0.25, 0.3) is 10.0 Å². The first-order valence-corrected chi connectivity index (χ1v) is 13.5. The largest absolute Gasteiger partial charge is 0.357 e. The summed E-state index contributed by atoms with van der Waals surface area (Å²) in [7, 11) is -3.69. The summed E-state index contributed by atoms with van der Waals surface area (Å²) in [6, 6.07) is 11.1. The second-order valence-corrected chi connectivity index (χ2v) is 11.0. The summed E-state index contributed by atoms with van der Waals surface area (Å²) < 4.78 is 28.8. The second-order valence-electron chi connectivity index (χ2n) is 9.32. The number of anilines is 2. The maximum Gasteiger partial charge on any atom is 0.263 e. The lowest BCUT2D eigenvalue weighted by atomic mass is 9.81.